The van der Waals surface area contributed by atoms with E-state index in [0.717, 1.165) is 17.7 Å². The topological polar surface area (TPSA) is 46.6 Å². The minimum atomic E-state index is -0.398. The van der Waals surface area contributed by atoms with Gasteiger partial charge in [0.2, 0.25) is 0 Å². The molecule has 1 aliphatic carbocycles. The van der Waals surface area contributed by atoms with Gasteiger partial charge in [0.05, 0.1) is 12.0 Å². The van der Waals surface area contributed by atoms with Crippen LogP contribution in [0.3, 0.4) is 0 Å². The van der Waals surface area contributed by atoms with Gasteiger partial charge in [0.1, 0.15) is 6.54 Å². The van der Waals surface area contributed by atoms with Crippen LogP contribution >= 0.6 is 11.3 Å². The predicted octanol–water partition coefficient (Wildman–Crippen LogP) is 1.48. The molecule has 92 valence electrons. The molecule has 0 aromatic carbocycles. The van der Waals surface area contributed by atoms with Crippen LogP contribution in [0.5, 0.6) is 0 Å². The van der Waals surface area contributed by atoms with Crippen molar-refractivity contribution in [1.82, 2.24) is 4.90 Å². The lowest BCUT2D eigenvalue weighted by atomic mass is 10.2. The lowest BCUT2D eigenvalue weighted by molar-refractivity contribution is -0.141. The third kappa shape index (κ3) is 2.49. The zero-order valence-electron chi connectivity index (χ0n) is 9.99. The molecule has 1 aromatic rings. The zero-order valence-corrected chi connectivity index (χ0v) is 10.8. The summed E-state index contributed by atoms with van der Waals surface area (Å²) in [5.41, 5.74) is 1.30. The van der Waals surface area contributed by atoms with E-state index in [4.69, 9.17) is 0 Å². The minimum absolute atomic E-state index is 0.00208. The fraction of sp³-hybridized carbons (Fsp3) is 0.500. The molecule has 17 heavy (non-hydrogen) atoms. The number of likely N-dealkylation sites (N-methyl/N-ethyl adjacent to an activating group) is 1. The number of nitrogens with zero attached hydrogens (tertiary/aromatic N) is 1. The first-order chi connectivity index (χ1) is 8.11. The number of amides is 1. The lowest BCUT2D eigenvalue weighted by Crippen LogP contribution is -2.32. The number of aryl methyl sites for hydroxylation is 2. The van der Waals surface area contributed by atoms with Crippen molar-refractivity contribution < 1.29 is 14.3 Å². The molecular weight excluding hydrogens is 238 g/mol. The van der Waals surface area contributed by atoms with Crippen LogP contribution in [0.4, 0.5) is 0 Å². The molecule has 1 heterocycles. The molecule has 0 bridgehead atoms. The van der Waals surface area contributed by atoms with E-state index in [-0.39, 0.29) is 12.5 Å². The summed E-state index contributed by atoms with van der Waals surface area (Å²) in [6, 6.07) is 1.96. The molecule has 0 unspecified atom stereocenters. The molecule has 1 aromatic heterocycles. The molecule has 0 radical (unpaired) electrons. The van der Waals surface area contributed by atoms with E-state index in [0.29, 0.717) is 0 Å². The number of carbonyl (C=O) groups is 2. The Hall–Kier alpha value is -1.36. The number of fused-ring (bicyclic) bond motifs is 1. The van der Waals surface area contributed by atoms with Gasteiger partial charge in [0.15, 0.2) is 0 Å². The number of ether oxygens (including phenoxy) is 1. The van der Waals surface area contributed by atoms with Crippen LogP contribution in [0.2, 0.25) is 0 Å². The van der Waals surface area contributed by atoms with Crippen molar-refractivity contribution in [3.8, 4) is 0 Å². The number of hydrogen-bond donors (Lipinski definition) is 0. The number of methoxy groups -OCH3 is 1. The zero-order chi connectivity index (χ0) is 12.4. The number of thiophene rings is 1. The molecule has 0 spiro atoms. The van der Waals surface area contributed by atoms with Crippen molar-refractivity contribution in [1.29, 1.82) is 0 Å². The van der Waals surface area contributed by atoms with Gasteiger partial charge in [-0.1, -0.05) is 0 Å². The third-order valence-corrected chi connectivity index (χ3v) is 4.12. The van der Waals surface area contributed by atoms with Crippen LogP contribution in [-0.2, 0) is 22.4 Å². The molecule has 4 nitrogen and oxygen atoms in total. The van der Waals surface area contributed by atoms with Gasteiger partial charge in [-0.05, 0) is 30.9 Å². The number of carbonyl (C=O) groups excluding carboxylic acids is 2. The molecular formula is C12H15NO3S. The second-order valence-corrected chi connectivity index (χ2v) is 5.29. The van der Waals surface area contributed by atoms with Gasteiger partial charge in [-0.3, -0.25) is 9.59 Å². The Labute approximate surface area is 104 Å². The van der Waals surface area contributed by atoms with E-state index in [1.54, 1.807) is 18.4 Å². The third-order valence-electron chi connectivity index (χ3n) is 2.90. The van der Waals surface area contributed by atoms with Crippen molar-refractivity contribution in [2.45, 2.75) is 19.3 Å². The molecule has 0 aliphatic heterocycles. The standard InChI is InChI=1S/C12H15NO3S/c1-13(7-11(14)16-2)12(15)10-6-8-4-3-5-9(8)17-10/h6H,3-5,7H2,1-2H3. The van der Waals surface area contributed by atoms with E-state index in [1.807, 2.05) is 6.07 Å². The summed E-state index contributed by atoms with van der Waals surface area (Å²) in [6.45, 7) is -0.00208. The largest absolute Gasteiger partial charge is 0.468 e. The van der Waals surface area contributed by atoms with E-state index < -0.39 is 5.97 Å². The average molecular weight is 253 g/mol. The first-order valence-electron chi connectivity index (χ1n) is 5.55. The first-order valence-corrected chi connectivity index (χ1v) is 6.37. The SMILES string of the molecule is COC(=O)CN(C)C(=O)c1cc2c(s1)CCC2. The lowest BCUT2D eigenvalue weighted by Gasteiger charge is -2.14. The maximum Gasteiger partial charge on any atom is 0.325 e. The average Bonchev–Trinajstić information content (AvgIpc) is 2.87. The Morgan fingerprint density at radius 1 is 1.47 bits per heavy atom. The van der Waals surface area contributed by atoms with Gasteiger partial charge in [0.25, 0.3) is 5.91 Å². The summed E-state index contributed by atoms with van der Waals surface area (Å²) in [4.78, 5) is 26.6. The summed E-state index contributed by atoms with van der Waals surface area (Å²) in [5, 5.41) is 0. The smallest absolute Gasteiger partial charge is 0.325 e. The fourth-order valence-electron chi connectivity index (χ4n) is 1.95. The highest BCUT2D eigenvalue weighted by Crippen LogP contribution is 2.31. The summed E-state index contributed by atoms with van der Waals surface area (Å²) in [5.74, 6) is -0.500. The Balaban J connectivity index is 2.06. The second-order valence-electron chi connectivity index (χ2n) is 4.15. The van der Waals surface area contributed by atoms with Crippen LogP contribution in [-0.4, -0.2) is 37.5 Å². The van der Waals surface area contributed by atoms with Crippen molar-refractivity contribution in [2.24, 2.45) is 0 Å². The van der Waals surface area contributed by atoms with Gasteiger partial charge in [-0.15, -0.1) is 11.3 Å². The van der Waals surface area contributed by atoms with E-state index >= 15 is 0 Å². The summed E-state index contributed by atoms with van der Waals surface area (Å²) in [6.07, 6.45) is 3.33. The Bertz CT molecular complexity index is 431. The summed E-state index contributed by atoms with van der Waals surface area (Å²) < 4.78 is 4.54. The molecule has 0 atom stereocenters. The van der Waals surface area contributed by atoms with Gasteiger partial charge in [0, 0.05) is 11.9 Å². The van der Waals surface area contributed by atoms with Gasteiger partial charge in [-0.2, -0.15) is 0 Å². The van der Waals surface area contributed by atoms with Crippen molar-refractivity contribution in [3.63, 3.8) is 0 Å². The van der Waals surface area contributed by atoms with E-state index in [1.165, 1.54) is 28.9 Å². The van der Waals surface area contributed by atoms with Crippen molar-refractivity contribution in [3.05, 3.63) is 21.4 Å². The molecule has 2 rings (SSSR count). The molecule has 0 N–H and O–H groups in total. The molecule has 0 fully saturated rings. The molecule has 1 amide bonds. The molecule has 1 aliphatic rings. The summed E-state index contributed by atoms with van der Waals surface area (Å²) >= 11 is 1.55. The van der Waals surface area contributed by atoms with Crippen LogP contribution in [0.1, 0.15) is 26.5 Å². The van der Waals surface area contributed by atoms with Gasteiger partial charge >= 0.3 is 5.97 Å². The van der Waals surface area contributed by atoms with Crippen LogP contribution in [0.25, 0.3) is 0 Å². The maximum atomic E-state index is 12.0. The van der Waals surface area contributed by atoms with Crippen LogP contribution in [0, 0.1) is 0 Å². The first kappa shape index (κ1) is 12.1. The second kappa shape index (κ2) is 4.87. The molecule has 5 heteroatoms. The van der Waals surface area contributed by atoms with Crippen LogP contribution in [0.15, 0.2) is 6.07 Å². The monoisotopic (exact) mass is 253 g/mol. The van der Waals surface area contributed by atoms with Crippen molar-refractivity contribution in [2.75, 3.05) is 20.7 Å². The number of rotatable bonds is 3. The Morgan fingerprint density at radius 2 is 2.24 bits per heavy atom. The summed E-state index contributed by atoms with van der Waals surface area (Å²) in [7, 11) is 2.93. The van der Waals surface area contributed by atoms with Crippen molar-refractivity contribution >= 4 is 23.2 Å². The Kier molecular flexibility index (Phi) is 3.47. The minimum Gasteiger partial charge on any atom is -0.468 e. The van der Waals surface area contributed by atoms with Gasteiger partial charge in [-0.25, -0.2) is 0 Å². The van der Waals surface area contributed by atoms with Crippen LogP contribution < -0.4 is 0 Å². The highest BCUT2D eigenvalue weighted by molar-refractivity contribution is 7.14. The number of hydrogen-bond acceptors (Lipinski definition) is 4. The fourth-order valence-corrected chi connectivity index (χ4v) is 3.20. The maximum absolute atomic E-state index is 12.0. The quantitative estimate of drug-likeness (QED) is 0.767. The normalized spacial score (nSPS) is 13.3. The highest BCUT2D eigenvalue weighted by atomic mass is 32.1. The molecule has 0 saturated heterocycles. The van der Waals surface area contributed by atoms with E-state index in [9.17, 15) is 9.59 Å². The Morgan fingerprint density at radius 3 is 2.88 bits per heavy atom. The number of esters is 1. The molecule has 0 saturated carbocycles. The van der Waals surface area contributed by atoms with E-state index in [2.05, 4.69) is 4.74 Å². The predicted molar refractivity (Wildman–Crippen MR) is 65.3 cm³/mol. The van der Waals surface area contributed by atoms with Gasteiger partial charge < -0.3 is 9.64 Å². The highest BCUT2D eigenvalue weighted by Gasteiger charge is 2.21.